The third kappa shape index (κ3) is 5.49. The van der Waals surface area contributed by atoms with Gasteiger partial charge in [-0.3, -0.25) is 0 Å². The van der Waals surface area contributed by atoms with Crippen molar-refractivity contribution in [2.45, 2.75) is 107 Å². The van der Waals surface area contributed by atoms with E-state index in [1.165, 1.54) is 123 Å². The number of thioether (sulfide) groups is 2. The van der Waals surface area contributed by atoms with Gasteiger partial charge in [-0.15, -0.1) is 23.5 Å². The first kappa shape index (κ1) is 33.2. The normalized spacial score (nSPS) is 16.1. The zero-order valence-electron chi connectivity index (χ0n) is 29.1. The van der Waals surface area contributed by atoms with Crippen LogP contribution in [0.25, 0.3) is 21.5 Å². The highest BCUT2D eigenvalue weighted by atomic mass is 127. The van der Waals surface area contributed by atoms with Gasteiger partial charge in [-0.25, -0.2) is 15.0 Å². The Morgan fingerprint density at radius 2 is 1.36 bits per heavy atom. The molecular weight excluding hydrogens is 766 g/mol. The van der Waals surface area contributed by atoms with Crippen LogP contribution in [0.5, 0.6) is 0 Å². The molecule has 0 N–H and O–H groups in total. The maximum absolute atomic E-state index is 5.53. The third-order valence-electron chi connectivity index (χ3n) is 10.8. The molecule has 0 fully saturated rings. The molecule has 4 aliphatic rings. The van der Waals surface area contributed by atoms with Crippen molar-refractivity contribution < 1.29 is 0 Å². The molecule has 0 amide bonds. The van der Waals surface area contributed by atoms with Gasteiger partial charge in [0.25, 0.3) is 0 Å². The molecule has 6 heterocycles. The maximum Gasteiger partial charge on any atom is 0.522 e. The third-order valence-corrected chi connectivity index (χ3v) is 13.9. The molecule has 9 rings (SSSR count). The van der Waals surface area contributed by atoms with Crippen LogP contribution in [0.2, 0.25) is 0 Å². The van der Waals surface area contributed by atoms with Crippen LogP contribution in [-0.4, -0.2) is 38.2 Å². The van der Waals surface area contributed by atoms with Crippen LogP contribution in [0.15, 0.2) is 79.4 Å². The molecule has 4 aliphatic heterocycles. The minimum absolute atomic E-state index is 0.0982. The molecule has 50 heavy (non-hydrogen) atoms. The second kappa shape index (κ2) is 14.0. The topological polar surface area (TPSA) is 50.2 Å². The van der Waals surface area contributed by atoms with Gasteiger partial charge in [0, 0.05) is 46.0 Å². The fraction of sp³-hybridized carbons (Fsp3) is 0.425. The van der Waals surface area contributed by atoms with Gasteiger partial charge in [-0.1, -0.05) is 96.3 Å². The van der Waals surface area contributed by atoms with E-state index in [1.54, 1.807) is 0 Å². The molecule has 0 saturated carbocycles. The van der Waals surface area contributed by atoms with E-state index in [4.69, 9.17) is 15.0 Å². The van der Waals surface area contributed by atoms with E-state index in [-0.39, 0.29) is 13.3 Å². The van der Waals surface area contributed by atoms with Gasteiger partial charge in [0.15, 0.2) is 0 Å². The van der Waals surface area contributed by atoms with E-state index in [2.05, 4.69) is 105 Å². The number of aliphatic imine (C=N–C) groups is 1. The summed E-state index contributed by atoms with van der Waals surface area (Å²) in [7, 11) is -0.0982. The van der Waals surface area contributed by atoms with E-state index >= 15 is 0 Å². The van der Waals surface area contributed by atoms with Gasteiger partial charge in [-0.05, 0) is 83.3 Å². The summed E-state index contributed by atoms with van der Waals surface area (Å²) in [5.41, 5.74) is 4.54. The lowest BCUT2D eigenvalue weighted by Crippen LogP contribution is -2.63. The molecule has 0 aliphatic carbocycles. The summed E-state index contributed by atoms with van der Waals surface area (Å²) in [6, 6.07) is 20.6. The highest BCUT2D eigenvalue weighted by Gasteiger charge is 2.53. The fourth-order valence-corrected chi connectivity index (χ4v) is 10.9. The van der Waals surface area contributed by atoms with E-state index in [9.17, 15) is 0 Å². The Balaban J connectivity index is 1.12. The number of aromatic nitrogens is 2. The van der Waals surface area contributed by atoms with Crippen molar-refractivity contribution in [3.05, 3.63) is 80.3 Å². The highest BCUT2D eigenvalue weighted by Crippen LogP contribution is 2.49. The van der Waals surface area contributed by atoms with Gasteiger partial charge in [0.05, 0.1) is 0 Å². The Labute approximate surface area is 317 Å². The first-order valence-corrected chi connectivity index (χ1v) is 21.9. The quantitative estimate of drug-likeness (QED) is 0.0432. The lowest BCUT2D eigenvalue weighted by atomic mass is 9.85. The Morgan fingerprint density at radius 3 is 2.12 bits per heavy atom. The Bertz CT molecular complexity index is 2280. The molecule has 10 heteroatoms. The molecule has 2 aromatic heterocycles. The van der Waals surface area contributed by atoms with Crippen molar-refractivity contribution >= 4 is 92.2 Å². The minimum Gasteiger partial charge on any atom is -0.334 e. The van der Waals surface area contributed by atoms with Crippen LogP contribution in [-0.2, 0) is 0 Å². The summed E-state index contributed by atoms with van der Waals surface area (Å²) in [5.74, 6) is 5.41. The molecule has 0 spiro atoms. The molecule has 6 nitrogen and oxygen atoms in total. The number of hydrogen-bond donors (Lipinski definition) is 0. The molecular formula is C40H44BIN6S2. The minimum atomic E-state index is -0.115. The highest BCUT2D eigenvalue weighted by molar-refractivity contribution is 14.1. The van der Waals surface area contributed by atoms with Gasteiger partial charge >= 0.3 is 7.12 Å². The Hall–Kier alpha value is -2.70. The SMILES string of the molecule is CCCCCCCCSc1ccc2c(c1)C1=Nc3c4ccc(SCCCCCCCC)cc4c4n3B3N1C2N=c1c2cccc(I)c2c(n13)=N4. The average molecular weight is 811 g/mol. The molecule has 0 saturated heterocycles. The Kier molecular flexibility index (Phi) is 9.31. The number of hydrogen-bond acceptors (Lipinski definition) is 6. The van der Waals surface area contributed by atoms with Gasteiger partial charge in [0.2, 0.25) is 0 Å². The number of halogens is 1. The fourth-order valence-electron chi connectivity index (χ4n) is 8.31. The van der Waals surface area contributed by atoms with Gasteiger partial charge < -0.3 is 13.8 Å². The lowest BCUT2D eigenvalue weighted by Gasteiger charge is -2.39. The summed E-state index contributed by atoms with van der Waals surface area (Å²) < 4.78 is 6.01. The van der Waals surface area contributed by atoms with Crippen molar-refractivity contribution in [2.24, 2.45) is 15.0 Å². The van der Waals surface area contributed by atoms with Crippen molar-refractivity contribution in [2.75, 3.05) is 11.5 Å². The monoisotopic (exact) mass is 810 g/mol. The predicted molar refractivity (Wildman–Crippen MR) is 221 cm³/mol. The average Bonchev–Trinajstić information content (AvgIpc) is 3.75. The number of nitrogens with zero attached hydrogens (tertiary/aromatic N) is 6. The zero-order valence-corrected chi connectivity index (χ0v) is 32.9. The van der Waals surface area contributed by atoms with E-state index in [1.807, 2.05) is 23.5 Å². The van der Waals surface area contributed by atoms with Crippen molar-refractivity contribution in [3.8, 4) is 0 Å². The van der Waals surface area contributed by atoms with Crippen molar-refractivity contribution in [3.63, 3.8) is 0 Å². The van der Waals surface area contributed by atoms with Crippen LogP contribution >= 0.6 is 46.1 Å². The standard InChI is InChI=1S/C40H44BIN6S2/c1-3-5-7-9-11-13-22-49-26-18-20-28-31(24-26)38-44-36-29-21-19-27(50-23-14-12-10-8-6-4-2)25-32(29)39-45-40-34-30(16-15-17-33(34)42)37-43-35(28)46(38)41(47(36)39)48(37)40/h15-21,24-25,35H,3-14,22-23H2,1-2H3. The van der Waals surface area contributed by atoms with E-state index in [0.717, 1.165) is 40.0 Å². The summed E-state index contributed by atoms with van der Waals surface area (Å²) in [6.07, 6.45) is 15.8. The van der Waals surface area contributed by atoms with E-state index in [0.29, 0.717) is 0 Å². The van der Waals surface area contributed by atoms with E-state index < -0.39 is 0 Å². The number of benzene rings is 3. The Morgan fingerprint density at radius 1 is 0.680 bits per heavy atom. The smallest absolute Gasteiger partial charge is 0.334 e. The largest absolute Gasteiger partial charge is 0.522 e. The number of amidine groups is 1. The van der Waals surface area contributed by atoms with Crippen LogP contribution in [0.1, 0.15) is 108 Å². The maximum atomic E-state index is 5.53. The predicted octanol–water partition coefficient (Wildman–Crippen LogP) is 10.8. The van der Waals surface area contributed by atoms with Crippen molar-refractivity contribution in [1.29, 1.82) is 0 Å². The summed E-state index contributed by atoms with van der Waals surface area (Å²) >= 11 is 6.46. The molecule has 3 aromatic carbocycles. The second-order valence-electron chi connectivity index (χ2n) is 14.2. The van der Waals surface area contributed by atoms with Crippen LogP contribution in [0, 0.1) is 3.57 Å². The lowest BCUT2D eigenvalue weighted by molar-refractivity contribution is 0.442. The zero-order chi connectivity index (χ0) is 33.8. The first-order chi connectivity index (χ1) is 24.7. The molecule has 0 bridgehead atoms. The van der Waals surface area contributed by atoms with Crippen LogP contribution < -0.4 is 11.0 Å². The van der Waals surface area contributed by atoms with Crippen LogP contribution in [0.3, 0.4) is 0 Å². The van der Waals surface area contributed by atoms with Crippen molar-refractivity contribution in [1.82, 2.24) is 13.8 Å². The first-order valence-electron chi connectivity index (χ1n) is 18.9. The molecule has 256 valence electrons. The summed E-state index contributed by atoms with van der Waals surface area (Å²) in [6.45, 7) is 4.57. The molecule has 1 atom stereocenters. The number of rotatable bonds is 16. The van der Waals surface area contributed by atoms with Gasteiger partial charge in [-0.2, -0.15) is 0 Å². The molecule has 1 unspecified atom stereocenters. The summed E-state index contributed by atoms with van der Waals surface area (Å²) in [5, 5.41) is 4.78. The summed E-state index contributed by atoms with van der Waals surface area (Å²) in [4.78, 5) is 21.7. The second-order valence-corrected chi connectivity index (χ2v) is 17.7. The van der Waals surface area contributed by atoms with Gasteiger partial charge in [0.1, 0.15) is 34.6 Å². The number of unbranched alkanes of at least 4 members (excludes halogenated alkanes) is 10. The number of fused-ring (bicyclic) bond motifs is 9. The molecule has 0 radical (unpaired) electrons. The molecule has 5 aromatic rings. The van der Waals surface area contributed by atoms with Crippen LogP contribution in [0.4, 0.5) is 11.6 Å².